The highest BCUT2D eigenvalue weighted by Gasteiger charge is 2.33. The van der Waals surface area contributed by atoms with Gasteiger partial charge >= 0.3 is 6.18 Å². The van der Waals surface area contributed by atoms with Gasteiger partial charge in [-0.15, -0.1) is 0 Å². The summed E-state index contributed by atoms with van der Waals surface area (Å²) in [6.07, 6.45) is -1.54. The molecule has 11 heteroatoms. The average Bonchev–Trinajstić information content (AvgIpc) is 3.23. The van der Waals surface area contributed by atoms with E-state index in [1.165, 1.54) is 4.90 Å². The molecule has 0 spiro atoms. The number of benzene rings is 2. The summed E-state index contributed by atoms with van der Waals surface area (Å²) in [7, 11) is 0. The van der Waals surface area contributed by atoms with Crippen LogP contribution in [0.2, 0.25) is 0 Å². The molecule has 2 aromatic carbocycles. The van der Waals surface area contributed by atoms with Gasteiger partial charge in [-0.2, -0.15) is 13.2 Å². The van der Waals surface area contributed by atoms with Crippen LogP contribution in [-0.4, -0.2) is 44.4 Å². The zero-order valence-corrected chi connectivity index (χ0v) is 17.0. The van der Waals surface area contributed by atoms with Crippen molar-refractivity contribution < 1.29 is 27.1 Å². The Morgan fingerprint density at radius 1 is 1.18 bits per heavy atom. The largest absolute Gasteiger partial charge is 0.416 e. The van der Waals surface area contributed by atoms with Crippen molar-refractivity contribution in [3.05, 3.63) is 71.4 Å². The zero-order valence-electron chi connectivity index (χ0n) is 17.0. The lowest BCUT2D eigenvalue weighted by molar-refractivity contribution is -0.137. The van der Waals surface area contributed by atoms with Gasteiger partial charge in [-0.25, -0.2) is 14.4 Å². The summed E-state index contributed by atoms with van der Waals surface area (Å²) >= 11 is 0. The molecule has 0 atom stereocenters. The first kappa shape index (κ1) is 21.1. The smallest absolute Gasteiger partial charge is 0.382 e. The third-order valence-corrected chi connectivity index (χ3v) is 5.67. The molecule has 1 fully saturated rings. The van der Waals surface area contributed by atoms with E-state index in [4.69, 9.17) is 10.5 Å². The van der Waals surface area contributed by atoms with Crippen molar-refractivity contribution in [1.29, 1.82) is 0 Å². The lowest BCUT2D eigenvalue weighted by Crippen LogP contribution is -2.51. The Hall–Kier alpha value is -3.73. The summed E-state index contributed by atoms with van der Waals surface area (Å²) in [5, 5.41) is 0. The molecule has 33 heavy (non-hydrogen) atoms. The lowest BCUT2D eigenvalue weighted by Gasteiger charge is -2.37. The molecule has 0 saturated carbocycles. The van der Waals surface area contributed by atoms with E-state index in [0.29, 0.717) is 34.0 Å². The number of fused-ring (bicyclic) bond motifs is 3. The van der Waals surface area contributed by atoms with Crippen LogP contribution in [0.3, 0.4) is 0 Å². The van der Waals surface area contributed by atoms with Crippen LogP contribution in [0.5, 0.6) is 0 Å². The van der Waals surface area contributed by atoms with Gasteiger partial charge in [0, 0.05) is 17.7 Å². The second-order valence-electron chi connectivity index (χ2n) is 7.78. The Kier molecular flexibility index (Phi) is 4.93. The number of carbonyl (C=O) groups is 1. The van der Waals surface area contributed by atoms with Gasteiger partial charge in [0.2, 0.25) is 0 Å². The van der Waals surface area contributed by atoms with E-state index >= 15 is 0 Å². The second kappa shape index (κ2) is 7.69. The Labute approximate surface area is 184 Å². The lowest BCUT2D eigenvalue weighted by atomic mass is 10.1. The number of nitrogens with zero attached hydrogens (tertiary/aromatic N) is 4. The molecule has 0 radical (unpaired) electrons. The molecule has 2 N–H and O–H groups in total. The molecule has 1 saturated heterocycles. The molecule has 170 valence electrons. The van der Waals surface area contributed by atoms with Crippen LogP contribution in [0, 0.1) is 5.82 Å². The highest BCUT2D eigenvalue weighted by atomic mass is 19.4. The summed E-state index contributed by atoms with van der Waals surface area (Å²) in [4.78, 5) is 23.2. The molecule has 3 heterocycles. The number of nitrogen functional groups attached to an aromatic ring is 1. The fourth-order valence-electron chi connectivity index (χ4n) is 3.78. The molecule has 1 amide bonds. The second-order valence-corrected chi connectivity index (χ2v) is 7.78. The van der Waals surface area contributed by atoms with Crippen molar-refractivity contribution in [1.82, 2.24) is 19.3 Å². The van der Waals surface area contributed by atoms with Crippen molar-refractivity contribution >= 4 is 28.3 Å². The monoisotopic (exact) mass is 459 g/mol. The van der Waals surface area contributed by atoms with Crippen molar-refractivity contribution in [3.8, 4) is 0 Å². The third-order valence-electron chi connectivity index (χ3n) is 5.67. The number of hydrogen-bond acceptors (Lipinski definition) is 5. The average molecular weight is 459 g/mol. The zero-order chi connectivity index (χ0) is 23.3. The van der Waals surface area contributed by atoms with Gasteiger partial charge in [0.1, 0.15) is 17.2 Å². The quantitative estimate of drug-likeness (QED) is 0.471. The van der Waals surface area contributed by atoms with Gasteiger partial charge in [-0.05, 0) is 30.3 Å². The molecule has 1 aliphatic heterocycles. The number of halogens is 4. The number of hydrogen-bond donors (Lipinski definition) is 1. The summed E-state index contributed by atoms with van der Waals surface area (Å²) in [5.74, 6) is -1.14. The van der Waals surface area contributed by atoms with Gasteiger partial charge in [0.25, 0.3) is 5.91 Å². The van der Waals surface area contributed by atoms with Crippen molar-refractivity contribution in [3.63, 3.8) is 0 Å². The van der Waals surface area contributed by atoms with Gasteiger partial charge in [0.05, 0.1) is 48.4 Å². The van der Waals surface area contributed by atoms with Crippen molar-refractivity contribution in [2.75, 3.05) is 18.9 Å². The van der Waals surface area contributed by atoms with E-state index in [0.717, 1.165) is 12.1 Å². The molecule has 0 bridgehead atoms. The number of alkyl halides is 3. The highest BCUT2D eigenvalue weighted by molar-refractivity contribution is 5.98. The van der Waals surface area contributed by atoms with E-state index in [1.54, 1.807) is 35.1 Å². The van der Waals surface area contributed by atoms with Crippen LogP contribution in [-0.2, 0) is 17.5 Å². The number of carbonyl (C=O) groups excluding carboxylic acids is 1. The number of nitrogens with two attached hydrogens (primary N) is 1. The molecule has 0 aliphatic carbocycles. The van der Waals surface area contributed by atoms with Crippen LogP contribution in [0.4, 0.5) is 23.4 Å². The fraction of sp³-hybridized carbons (Fsp3) is 0.227. The van der Waals surface area contributed by atoms with Gasteiger partial charge in [-0.3, -0.25) is 9.20 Å². The maximum Gasteiger partial charge on any atom is 0.416 e. The maximum absolute atomic E-state index is 14.5. The Balaban J connectivity index is 1.50. The van der Waals surface area contributed by atoms with Crippen LogP contribution in [0.15, 0.2) is 48.9 Å². The minimum absolute atomic E-state index is 0.0181. The number of anilines is 1. The molecule has 0 unspecified atom stereocenters. The summed E-state index contributed by atoms with van der Waals surface area (Å²) in [6, 6.07) is 6.83. The fourth-order valence-corrected chi connectivity index (χ4v) is 3.78. The van der Waals surface area contributed by atoms with E-state index in [2.05, 4.69) is 9.97 Å². The van der Waals surface area contributed by atoms with Crippen molar-refractivity contribution in [2.24, 2.45) is 0 Å². The Bertz CT molecular complexity index is 1380. The standard InChI is InChI=1S/C22H17F4N5O2/c23-16-6-14(22(24,25)26)3-1-13(16)8-30(15-9-33-10-15)21(32)12-2-4-17-18(5-12)31-11-28-7-19(31)20(27)29-17/h1-7,11,15H,8-10H2,(H2,27,29). The first-order chi connectivity index (χ1) is 15.7. The van der Waals surface area contributed by atoms with Gasteiger partial charge in [0.15, 0.2) is 0 Å². The number of imidazole rings is 1. The molecule has 2 aromatic heterocycles. The normalized spacial score (nSPS) is 14.5. The van der Waals surface area contributed by atoms with Crippen molar-refractivity contribution in [2.45, 2.75) is 18.8 Å². The summed E-state index contributed by atoms with van der Waals surface area (Å²) in [5.41, 5.74) is 6.90. The molecule has 4 aromatic rings. The number of rotatable bonds is 4. The minimum atomic E-state index is -4.65. The summed E-state index contributed by atoms with van der Waals surface area (Å²) < 4.78 is 60.0. The minimum Gasteiger partial charge on any atom is -0.382 e. The maximum atomic E-state index is 14.5. The first-order valence-corrected chi connectivity index (χ1v) is 9.98. The SMILES string of the molecule is Nc1nc2ccc(C(=O)N(Cc3ccc(C(F)(F)F)cc3F)C3COC3)cc2n2cncc12. The molecular formula is C22H17F4N5O2. The highest BCUT2D eigenvalue weighted by Crippen LogP contribution is 2.31. The van der Waals surface area contributed by atoms with E-state index in [-0.39, 0.29) is 31.4 Å². The van der Waals surface area contributed by atoms with Gasteiger partial charge in [-0.1, -0.05) is 6.07 Å². The third kappa shape index (κ3) is 3.74. The molecule has 5 rings (SSSR count). The molecular weight excluding hydrogens is 442 g/mol. The number of amides is 1. The van der Waals surface area contributed by atoms with Crippen LogP contribution in [0.25, 0.3) is 16.6 Å². The van der Waals surface area contributed by atoms with E-state index in [1.807, 2.05) is 0 Å². The van der Waals surface area contributed by atoms with E-state index < -0.39 is 23.5 Å². The summed E-state index contributed by atoms with van der Waals surface area (Å²) in [6.45, 7) is 0.312. The first-order valence-electron chi connectivity index (χ1n) is 9.98. The Morgan fingerprint density at radius 3 is 2.64 bits per heavy atom. The Morgan fingerprint density at radius 2 is 1.97 bits per heavy atom. The predicted octanol–water partition coefficient (Wildman–Crippen LogP) is 3.66. The molecule has 7 nitrogen and oxygen atoms in total. The van der Waals surface area contributed by atoms with Crippen LogP contribution < -0.4 is 5.73 Å². The molecule has 1 aliphatic rings. The number of ether oxygens (including phenoxy) is 1. The van der Waals surface area contributed by atoms with E-state index in [9.17, 15) is 22.4 Å². The van der Waals surface area contributed by atoms with Crippen LogP contribution >= 0.6 is 0 Å². The topological polar surface area (TPSA) is 85.8 Å². The van der Waals surface area contributed by atoms with Gasteiger partial charge < -0.3 is 15.4 Å². The number of aromatic nitrogens is 3. The van der Waals surface area contributed by atoms with Crippen LogP contribution in [0.1, 0.15) is 21.5 Å². The predicted molar refractivity (Wildman–Crippen MR) is 111 cm³/mol.